The van der Waals surface area contributed by atoms with Crippen LogP contribution in [0, 0.1) is 5.92 Å². The molecule has 0 spiro atoms. The number of urea groups is 1. The molecule has 2 aliphatic rings. The first kappa shape index (κ1) is 24.4. The number of piperidine rings is 1. The van der Waals surface area contributed by atoms with Crippen LogP contribution in [0.2, 0.25) is 0 Å². The Labute approximate surface area is 171 Å². The second-order valence-corrected chi connectivity index (χ2v) is 7.23. The maximum atomic E-state index is 12.2. The number of aromatic nitrogens is 2. The molecule has 4 N–H and O–H groups in total. The predicted molar refractivity (Wildman–Crippen MR) is 107 cm³/mol. The van der Waals surface area contributed by atoms with Crippen molar-refractivity contribution in [1.82, 2.24) is 25.1 Å². The number of nitrogens with one attached hydrogen (secondary N) is 2. The number of rotatable bonds is 5. The molecule has 1 aliphatic carbocycles. The fourth-order valence-electron chi connectivity index (χ4n) is 3.91. The van der Waals surface area contributed by atoms with Gasteiger partial charge in [0.1, 0.15) is 5.82 Å². The van der Waals surface area contributed by atoms with Crippen LogP contribution < -0.4 is 5.32 Å². The Balaban J connectivity index is 0.000000626. The van der Waals surface area contributed by atoms with Gasteiger partial charge >= 0.3 is 6.03 Å². The number of carbonyl (C=O) groups excluding carboxylic acids is 1. The highest BCUT2D eigenvalue weighted by Crippen LogP contribution is 2.27. The third kappa shape index (κ3) is 9.42. The minimum atomic E-state index is -0.250. The molecule has 2 heterocycles. The third-order valence-electron chi connectivity index (χ3n) is 5.22. The number of amides is 2. The molecule has 1 atom stereocenters. The van der Waals surface area contributed by atoms with Crippen molar-refractivity contribution in [2.24, 2.45) is 5.92 Å². The van der Waals surface area contributed by atoms with E-state index in [0.29, 0.717) is 12.5 Å². The lowest BCUT2D eigenvalue weighted by Crippen LogP contribution is -2.46. The summed E-state index contributed by atoms with van der Waals surface area (Å²) < 4.78 is 0. The number of aromatic amines is 1. The first-order chi connectivity index (χ1) is 14.0. The van der Waals surface area contributed by atoms with Crippen LogP contribution in [-0.2, 0) is 16.1 Å². The molecule has 0 aromatic carbocycles. The molecule has 1 aliphatic heterocycles. The topological polar surface area (TPSA) is 139 Å². The quantitative estimate of drug-likeness (QED) is 0.540. The van der Waals surface area contributed by atoms with E-state index in [2.05, 4.69) is 20.2 Å². The van der Waals surface area contributed by atoms with Gasteiger partial charge in [0.05, 0.1) is 6.54 Å². The molecule has 0 radical (unpaired) electrons. The summed E-state index contributed by atoms with van der Waals surface area (Å²) in [5.41, 5.74) is 0. The number of nitrogens with zero attached hydrogens (tertiary/aromatic N) is 3. The van der Waals surface area contributed by atoms with Gasteiger partial charge in [0.2, 0.25) is 0 Å². The van der Waals surface area contributed by atoms with E-state index in [1.165, 1.54) is 45.1 Å². The fraction of sp³-hybridized carbons (Fsp3) is 0.684. The Morgan fingerprint density at radius 2 is 1.93 bits per heavy atom. The lowest BCUT2D eigenvalue weighted by molar-refractivity contribution is -0.123. The SMILES string of the molecule is CN(Cc1ncc[nH]1)C(=O)NCC1CCCN(C2CCCC2)C1.O=CO.O=CO. The summed E-state index contributed by atoms with van der Waals surface area (Å²) in [6.45, 7) is 3.18. The molecule has 10 nitrogen and oxygen atoms in total. The molecular weight excluding hydrogens is 378 g/mol. The molecule has 1 aromatic heterocycles. The van der Waals surface area contributed by atoms with Crippen molar-refractivity contribution in [3.05, 3.63) is 18.2 Å². The molecular formula is C19H33N5O5. The fourth-order valence-corrected chi connectivity index (χ4v) is 3.91. The van der Waals surface area contributed by atoms with Crippen LogP contribution in [0.5, 0.6) is 0 Å². The van der Waals surface area contributed by atoms with Crippen molar-refractivity contribution >= 4 is 19.0 Å². The first-order valence-corrected chi connectivity index (χ1v) is 9.92. The lowest BCUT2D eigenvalue weighted by Gasteiger charge is -2.37. The Hall–Kier alpha value is -2.62. The number of H-pyrrole nitrogens is 1. The van der Waals surface area contributed by atoms with Gasteiger partial charge in [-0.05, 0) is 38.1 Å². The zero-order valence-corrected chi connectivity index (χ0v) is 17.0. The summed E-state index contributed by atoms with van der Waals surface area (Å²) in [4.78, 5) is 40.5. The Bertz CT molecular complexity index is 572. The standard InChI is InChI=1S/C17H29N5O.2CH2O2/c1-21(13-16-18-8-9-19-16)17(23)20-11-14-5-4-10-22(12-14)15-6-2-3-7-15;2*2-1-3/h8-9,14-15H,2-7,10-13H2,1H3,(H,18,19)(H,20,23);2*1H,(H,2,3). The van der Waals surface area contributed by atoms with Crippen molar-refractivity contribution in [1.29, 1.82) is 0 Å². The van der Waals surface area contributed by atoms with Crippen molar-refractivity contribution in [2.45, 2.75) is 51.1 Å². The van der Waals surface area contributed by atoms with Gasteiger partial charge in [-0.15, -0.1) is 0 Å². The summed E-state index contributed by atoms with van der Waals surface area (Å²) in [6.07, 6.45) is 11.5. The van der Waals surface area contributed by atoms with Crippen molar-refractivity contribution < 1.29 is 24.6 Å². The van der Waals surface area contributed by atoms with Crippen LogP contribution in [0.25, 0.3) is 0 Å². The molecule has 2 amide bonds. The third-order valence-corrected chi connectivity index (χ3v) is 5.22. The average molecular weight is 412 g/mol. The second-order valence-electron chi connectivity index (χ2n) is 7.23. The highest BCUT2D eigenvalue weighted by atomic mass is 16.3. The molecule has 1 unspecified atom stereocenters. The van der Waals surface area contributed by atoms with Gasteiger partial charge in [0, 0.05) is 38.6 Å². The van der Waals surface area contributed by atoms with Gasteiger partial charge in [-0.2, -0.15) is 0 Å². The summed E-state index contributed by atoms with van der Waals surface area (Å²) in [5, 5.41) is 16.9. The predicted octanol–water partition coefficient (Wildman–Crippen LogP) is 1.61. The summed E-state index contributed by atoms with van der Waals surface area (Å²) in [7, 11) is 1.81. The highest BCUT2D eigenvalue weighted by Gasteiger charge is 2.28. The smallest absolute Gasteiger partial charge is 0.317 e. The molecule has 2 fully saturated rings. The average Bonchev–Trinajstić information content (AvgIpc) is 3.42. The van der Waals surface area contributed by atoms with E-state index in [1.807, 2.05) is 7.05 Å². The number of carbonyl (C=O) groups is 3. The summed E-state index contributed by atoms with van der Waals surface area (Å²) in [5.74, 6) is 1.40. The van der Waals surface area contributed by atoms with Crippen LogP contribution >= 0.6 is 0 Å². The van der Waals surface area contributed by atoms with Gasteiger partial charge in [0.15, 0.2) is 0 Å². The van der Waals surface area contributed by atoms with Gasteiger partial charge in [0.25, 0.3) is 12.9 Å². The number of hydrogen-bond donors (Lipinski definition) is 4. The number of carboxylic acid groups (broad SMARTS) is 2. The van der Waals surface area contributed by atoms with Crippen molar-refractivity contribution in [3.63, 3.8) is 0 Å². The van der Waals surface area contributed by atoms with E-state index in [-0.39, 0.29) is 19.0 Å². The van der Waals surface area contributed by atoms with E-state index >= 15 is 0 Å². The maximum Gasteiger partial charge on any atom is 0.317 e. The maximum absolute atomic E-state index is 12.2. The second kappa shape index (κ2) is 14.4. The Kier molecular flexibility index (Phi) is 12.1. The molecule has 164 valence electrons. The number of hydrogen-bond acceptors (Lipinski definition) is 5. The van der Waals surface area contributed by atoms with Gasteiger partial charge in [-0.1, -0.05) is 12.8 Å². The Morgan fingerprint density at radius 3 is 2.52 bits per heavy atom. The highest BCUT2D eigenvalue weighted by molar-refractivity contribution is 5.73. The van der Waals surface area contributed by atoms with Crippen LogP contribution in [0.3, 0.4) is 0 Å². The molecule has 1 saturated carbocycles. The molecule has 3 rings (SSSR count). The zero-order valence-electron chi connectivity index (χ0n) is 17.0. The largest absolute Gasteiger partial charge is 0.483 e. The van der Waals surface area contributed by atoms with Gasteiger partial charge < -0.3 is 30.3 Å². The van der Waals surface area contributed by atoms with Crippen molar-refractivity contribution in [3.8, 4) is 0 Å². The Morgan fingerprint density at radius 1 is 1.28 bits per heavy atom. The van der Waals surface area contributed by atoms with Crippen LogP contribution in [0.4, 0.5) is 4.79 Å². The molecule has 1 aromatic rings. The normalized spacial score (nSPS) is 19.1. The monoisotopic (exact) mass is 411 g/mol. The van der Waals surface area contributed by atoms with Crippen LogP contribution in [-0.4, -0.2) is 81.7 Å². The van der Waals surface area contributed by atoms with Gasteiger partial charge in [-0.3, -0.25) is 9.59 Å². The zero-order chi connectivity index (χ0) is 21.5. The minimum Gasteiger partial charge on any atom is -0.483 e. The summed E-state index contributed by atoms with van der Waals surface area (Å²) >= 11 is 0. The van der Waals surface area contributed by atoms with Crippen molar-refractivity contribution in [2.75, 3.05) is 26.7 Å². The van der Waals surface area contributed by atoms with E-state index < -0.39 is 0 Å². The van der Waals surface area contributed by atoms with Crippen LogP contribution in [0.15, 0.2) is 12.4 Å². The van der Waals surface area contributed by atoms with Crippen LogP contribution in [0.1, 0.15) is 44.3 Å². The number of likely N-dealkylation sites (tertiary alicyclic amines) is 1. The number of imidazole rings is 1. The van der Waals surface area contributed by atoms with E-state index in [9.17, 15) is 4.79 Å². The molecule has 0 bridgehead atoms. The van der Waals surface area contributed by atoms with E-state index in [0.717, 1.165) is 25.0 Å². The minimum absolute atomic E-state index is 0.0145. The summed E-state index contributed by atoms with van der Waals surface area (Å²) in [6, 6.07) is 0.787. The first-order valence-electron chi connectivity index (χ1n) is 9.92. The van der Waals surface area contributed by atoms with Gasteiger partial charge in [-0.25, -0.2) is 9.78 Å². The molecule has 10 heteroatoms. The molecule has 1 saturated heterocycles. The lowest BCUT2D eigenvalue weighted by atomic mass is 9.96. The van der Waals surface area contributed by atoms with E-state index in [4.69, 9.17) is 19.8 Å². The van der Waals surface area contributed by atoms with E-state index in [1.54, 1.807) is 17.3 Å². The molecule has 29 heavy (non-hydrogen) atoms.